The quantitative estimate of drug-likeness (QED) is 0.732. The topological polar surface area (TPSA) is 87.5 Å². The summed E-state index contributed by atoms with van der Waals surface area (Å²) in [7, 11) is 0. The Labute approximate surface area is 112 Å². The van der Waals surface area contributed by atoms with Crippen LogP contribution in [-0.4, -0.2) is 42.5 Å². The molecule has 2 rings (SSSR count). The van der Waals surface area contributed by atoms with E-state index in [0.717, 1.165) is 13.0 Å². The molecule has 1 atom stereocenters. The standard InChI is InChI=1S/C13H18N4O2/c14-12(18)9-17(11-6-7-15-8-11)13(19)16-10-4-2-1-3-5-10/h1-5,11,15H,6-9H2,(H2,14,18)(H,16,19). The van der Waals surface area contributed by atoms with E-state index in [1.807, 2.05) is 18.2 Å². The maximum Gasteiger partial charge on any atom is 0.322 e. The first-order chi connectivity index (χ1) is 9.16. The number of nitrogens with zero attached hydrogens (tertiary/aromatic N) is 1. The van der Waals surface area contributed by atoms with Crippen LogP contribution in [0.5, 0.6) is 0 Å². The van der Waals surface area contributed by atoms with Gasteiger partial charge in [0.05, 0.1) is 0 Å². The van der Waals surface area contributed by atoms with E-state index in [1.54, 1.807) is 12.1 Å². The van der Waals surface area contributed by atoms with Crippen LogP contribution in [0.25, 0.3) is 0 Å². The Morgan fingerprint density at radius 3 is 2.68 bits per heavy atom. The van der Waals surface area contributed by atoms with Crippen molar-refractivity contribution < 1.29 is 9.59 Å². The summed E-state index contributed by atoms with van der Waals surface area (Å²) < 4.78 is 0. The van der Waals surface area contributed by atoms with Crippen LogP contribution < -0.4 is 16.4 Å². The Hall–Kier alpha value is -2.08. The van der Waals surface area contributed by atoms with Crippen LogP contribution in [-0.2, 0) is 4.79 Å². The minimum absolute atomic E-state index is 0.0104. The number of benzene rings is 1. The van der Waals surface area contributed by atoms with Gasteiger partial charge in [-0.15, -0.1) is 0 Å². The molecule has 1 aliphatic heterocycles. The van der Waals surface area contributed by atoms with Crippen LogP contribution in [0, 0.1) is 0 Å². The smallest absolute Gasteiger partial charge is 0.322 e. The number of anilines is 1. The number of primary amides is 1. The summed E-state index contributed by atoms with van der Waals surface area (Å²) in [6, 6.07) is 8.86. The molecule has 0 saturated carbocycles. The fraction of sp³-hybridized carbons (Fsp3) is 0.385. The molecule has 4 N–H and O–H groups in total. The zero-order valence-electron chi connectivity index (χ0n) is 10.6. The monoisotopic (exact) mass is 262 g/mol. The van der Waals surface area contributed by atoms with Crippen molar-refractivity contribution in [1.29, 1.82) is 0 Å². The predicted octanol–water partition coefficient (Wildman–Crippen LogP) is 0.368. The van der Waals surface area contributed by atoms with Crippen LogP contribution in [0.15, 0.2) is 30.3 Å². The van der Waals surface area contributed by atoms with Gasteiger partial charge in [-0.2, -0.15) is 0 Å². The van der Waals surface area contributed by atoms with E-state index in [-0.39, 0.29) is 18.6 Å². The number of hydrogen-bond acceptors (Lipinski definition) is 3. The molecule has 3 amide bonds. The van der Waals surface area contributed by atoms with Gasteiger partial charge in [0.2, 0.25) is 5.91 Å². The minimum atomic E-state index is -0.505. The summed E-state index contributed by atoms with van der Waals surface area (Å²) in [5.74, 6) is -0.505. The van der Waals surface area contributed by atoms with Crippen LogP contribution >= 0.6 is 0 Å². The van der Waals surface area contributed by atoms with E-state index < -0.39 is 5.91 Å². The number of amides is 3. The molecule has 19 heavy (non-hydrogen) atoms. The molecule has 1 fully saturated rings. The molecule has 0 aliphatic carbocycles. The molecule has 0 radical (unpaired) electrons. The molecule has 1 aromatic carbocycles. The average molecular weight is 262 g/mol. The molecule has 1 heterocycles. The van der Waals surface area contributed by atoms with Crippen molar-refractivity contribution in [2.75, 3.05) is 25.0 Å². The first-order valence-corrected chi connectivity index (χ1v) is 6.28. The Morgan fingerprint density at radius 2 is 2.11 bits per heavy atom. The van der Waals surface area contributed by atoms with Gasteiger partial charge in [0, 0.05) is 18.3 Å². The van der Waals surface area contributed by atoms with Gasteiger partial charge < -0.3 is 21.3 Å². The zero-order valence-corrected chi connectivity index (χ0v) is 10.6. The van der Waals surface area contributed by atoms with Gasteiger partial charge in [0.25, 0.3) is 0 Å². The van der Waals surface area contributed by atoms with E-state index in [4.69, 9.17) is 5.73 Å². The van der Waals surface area contributed by atoms with E-state index in [1.165, 1.54) is 4.90 Å². The van der Waals surface area contributed by atoms with E-state index in [0.29, 0.717) is 12.2 Å². The third-order valence-electron chi connectivity index (χ3n) is 3.09. The second-order valence-electron chi connectivity index (χ2n) is 4.54. The summed E-state index contributed by atoms with van der Waals surface area (Å²) in [5, 5.41) is 5.95. The number of urea groups is 1. The van der Waals surface area contributed by atoms with Crippen molar-refractivity contribution >= 4 is 17.6 Å². The molecular formula is C13H18N4O2. The predicted molar refractivity (Wildman–Crippen MR) is 72.6 cm³/mol. The normalized spacial score (nSPS) is 18.0. The maximum atomic E-state index is 12.2. The minimum Gasteiger partial charge on any atom is -0.368 e. The largest absolute Gasteiger partial charge is 0.368 e. The number of nitrogens with two attached hydrogens (primary N) is 1. The highest BCUT2D eigenvalue weighted by Gasteiger charge is 2.27. The highest BCUT2D eigenvalue weighted by molar-refractivity contribution is 5.92. The molecule has 1 aromatic rings. The fourth-order valence-corrected chi connectivity index (χ4v) is 2.16. The Balaban J connectivity index is 2.04. The molecule has 1 saturated heterocycles. The van der Waals surface area contributed by atoms with Gasteiger partial charge in [-0.3, -0.25) is 4.79 Å². The van der Waals surface area contributed by atoms with Gasteiger partial charge in [-0.1, -0.05) is 18.2 Å². The first-order valence-electron chi connectivity index (χ1n) is 6.28. The molecule has 6 heteroatoms. The maximum absolute atomic E-state index is 12.2. The lowest BCUT2D eigenvalue weighted by molar-refractivity contribution is -0.118. The van der Waals surface area contributed by atoms with Crippen molar-refractivity contribution in [3.05, 3.63) is 30.3 Å². The lowest BCUT2D eigenvalue weighted by Gasteiger charge is -2.27. The van der Waals surface area contributed by atoms with Crippen LogP contribution in [0.1, 0.15) is 6.42 Å². The van der Waals surface area contributed by atoms with Crippen LogP contribution in [0.3, 0.4) is 0 Å². The lowest BCUT2D eigenvalue weighted by Crippen LogP contribution is -2.48. The summed E-state index contributed by atoms with van der Waals surface area (Å²) in [5.41, 5.74) is 5.91. The molecule has 6 nitrogen and oxygen atoms in total. The molecule has 1 aliphatic rings. The third kappa shape index (κ3) is 3.69. The van der Waals surface area contributed by atoms with Crippen molar-refractivity contribution in [2.24, 2.45) is 5.73 Å². The lowest BCUT2D eigenvalue weighted by atomic mass is 10.2. The Kier molecular flexibility index (Phi) is 4.35. The van der Waals surface area contributed by atoms with Crippen LogP contribution in [0.4, 0.5) is 10.5 Å². The second kappa shape index (κ2) is 6.19. The van der Waals surface area contributed by atoms with E-state index in [2.05, 4.69) is 10.6 Å². The van der Waals surface area contributed by atoms with E-state index in [9.17, 15) is 9.59 Å². The Bertz CT molecular complexity index is 443. The third-order valence-corrected chi connectivity index (χ3v) is 3.09. The van der Waals surface area contributed by atoms with Crippen molar-refractivity contribution in [2.45, 2.75) is 12.5 Å². The number of hydrogen-bond donors (Lipinski definition) is 3. The highest BCUT2D eigenvalue weighted by Crippen LogP contribution is 2.12. The second-order valence-corrected chi connectivity index (χ2v) is 4.54. The van der Waals surface area contributed by atoms with Crippen molar-refractivity contribution in [3.63, 3.8) is 0 Å². The molecule has 0 aromatic heterocycles. The SMILES string of the molecule is NC(=O)CN(C(=O)Nc1ccccc1)C1CCNC1. The molecular weight excluding hydrogens is 244 g/mol. The van der Waals surface area contributed by atoms with E-state index >= 15 is 0 Å². The number of rotatable bonds is 4. The molecule has 0 bridgehead atoms. The zero-order chi connectivity index (χ0) is 13.7. The van der Waals surface area contributed by atoms with Gasteiger partial charge in [0.15, 0.2) is 0 Å². The number of carbonyl (C=O) groups excluding carboxylic acids is 2. The van der Waals surface area contributed by atoms with Crippen molar-refractivity contribution in [1.82, 2.24) is 10.2 Å². The number of carbonyl (C=O) groups is 2. The van der Waals surface area contributed by atoms with Gasteiger partial charge in [-0.25, -0.2) is 4.79 Å². The number of para-hydroxylation sites is 1. The summed E-state index contributed by atoms with van der Waals surface area (Å²) in [6.45, 7) is 1.47. The summed E-state index contributed by atoms with van der Waals surface area (Å²) in [4.78, 5) is 24.8. The van der Waals surface area contributed by atoms with Gasteiger partial charge in [0.1, 0.15) is 6.54 Å². The molecule has 0 spiro atoms. The van der Waals surface area contributed by atoms with Crippen molar-refractivity contribution in [3.8, 4) is 0 Å². The first kappa shape index (κ1) is 13.4. The fourth-order valence-electron chi connectivity index (χ4n) is 2.16. The van der Waals surface area contributed by atoms with Gasteiger partial charge >= 0.3 is 6.03 Å². The molecule has 1 unspecified atom stereocenters. The highest BCUT2D eigenvalue weighted by atomic mass is 16.2. The van der Waals surface area contributed by atoms with Crippen LogP contribution in [0.2, 0.25) is 0 Å². The summed E-state index contributed by atoms with van der Waals surface area (Å²) >= 11 is 0. The Morgan fingerprint density at radius 1 is 1.37 bits per heavy atom. The van der Waals surface area contributed by atoms with Gasteiger partial charge in [-0.05, 0) is 25.1 Å². The number of nitrogens with one attached hydrogen (secondary N) is 2. The molecule has 102 valence electrons. The average Bonchev–Trinajstić information content (AvgIpc) is 2.90. The summed E-state index contributed by atoms with van der Waals surface area (Å²) in [6.07, 6.45) is 0.829.